The first kappa shape index (κ1) is 64.1. The third kappa shape index (κ3) is 17.3. The van der Waals surface area contributed by atoms with Crippen LogP contribution in [0.15, 0.2) is 65.4 Å². The average molecular weight is 1230 g/mol. The summed E-state index contributed by atoms with van der Waals surface area (Å²) in [6.45, 7) is 31.3. The van der Waals surface area contributed by atoms with E-state index in [0.717, 1.165) is 60.7 Å². The monoisotopic (exact) mass is 1220 g/mol. The van der Waals surface area contributed by atoms with Gasteiger partial charge in [0.1, 0.15) is 5.15 Å². The Hall–Kier alpha value is -3.42. The SMILES string of the molecule is CC(C)(C)OC1CN(C(=O)CC2CCCCc3cc(-c4ccnc(Cl)n4)ccc32)C1.CC(C)(C)OC1CN(C(=O)NC2CCCCc3cc(Br)ccc32)C1.CC1(C)OB(B2OC(C)(C)C(C)(C)O2)OC1(C)C.Clc1ccnc(Cl)n1. The molecule has 0 spiro atoms. The number of aromatic nitrogens is 4. The van der Waals surface area contributed by atoms with E-state index >= 15 is 0 Å². The molecule has 6 heterocycles. The van der Waals surface area contributed by atoms with Crippen molar-refractivity contribution >= 4 is 76.7 Å². The number of ether oxygens (including phenoxy) is 2. The summed E-state index contributed by atoms with van der Waals surface area (Å²) in [5.41, 5.74) is 5.40. The van der Waals surface area contributed by atoms with Crippen LogP contribution >= 0.6 is 50.7 Å². The number of carbonyl (C=O) groups excluding carboxylic acids is 2. The highest BCUT2D eigenvalue weighted by molar-refractivity contribution is 9.10. The molecule has 10 rings (SSSR count). The Morgan fingerprint density at radius 1 is 0.650 bits per heavy atom. The van der Waals surface area contributed by atoms with Crippen LogP contribution in [0.2, 0.25) is 15.7 Å². The summed E-state index contributed by atoms with van der Waals surface area (Å²) in [4.78, 5) is 44.7. The summed E-state index contributed by atoms with van der Waals surface area (Å²) in [6, 6.07) is 16.5. The molecule has 4 aliphatic heterocycles. The third-order valence-electron chi connectivity index (χ3n) is 15.9. The van der Waals surface area contributed by atoms with Crippen LogP contribution in [-0.4, -0.2) is 128 Å². The lowest BCUT2D eigenvalue weighted by atomic mass is 9.49. The van der Waals surface area contributed by atoms with E-state index in [-0.39, 0.29) is 80.3 Å². The van der Waals surface area contributed by atoms with Crippen LogP contribution in [-0.2, 0) is 45.7 Å². The number of nitrogens with one attached hydrogen (secondary N) is 1. The first-order valence-electron chi connectivity index (χ1n) is 28.2. The summed E-state index contributed by atoms with van der Waals surface area (Å²) >= 11 is 20.3. The van der Waals surface area contributed by atoms with E-state index in [0.29, 0.717) is 37.8 Å². The topological polar surface area (TPSA) is 160 Å². The van der Waals surface area contributed by atoms with Crippen molar-refractivity contribution in [2.75, 3.05) is 26.2 Å². The van der Waals surface area contributed by atoms with E-state index < -0.39 is 14.0 Å². The normalized spacial score (nSPS) is 22.0. The van der Waals surface area contributed by atoms with E-state index in [4.69, 9.17) is 62.9 Å². The molecule has 2 aliphatic carbocycles. The lowest BCUT2D eigenvalue weighted by Crippen LogP contribution is -2.59. The molecule has 0 radical (unpaired) electrons. The van der Waals surface area contributed by atoms with Crippen molar-refractivity contribution in [2.45, 2.75) is 212 Å². The number of fused-ring (bicyclic) bond motifs is 2. The first-order chi connectivity index (χ1) is 37.3. The van der Waals surface area contributed by atoms with Gasteiger partial charge in [-0.1, -0.05) is 58.6 Å². The zero-order valence-corrected chi connectivity index (χ0v) is 53.2. The van der Waals surface area contributed by atoms with Gasteiger partial charge in [0, 0.05) is 41.9 Å². The van der Waals surface area contributed by atoms with E-state index in [1.807, 2.05) is 71.3 Å². The van der Waals surface area contributed by atoms with Crippen LogP contribution in [0.1, 0.15) is 176 Å². The smallest absolute Gasteiger partial charge is 0.405 e. The lowest BCUT2D eigenvalue weighted by Gasteiger charge is -2.42. The molecule has 2 aromatic heterocycles. The maximum atomic E-state index is 12.9. The van der Waals surface area contributed by atoms with Gasteiger partial charge in [-0.2, -0.15) is 0 Å². The molecule has 4 fully saturated rings. The first-order valence-corrected chi connectivity index (χ1v) is 30.1. The average Bonchev–Trinajstić information content (AvgIpc) is 3.48. The molecule has 6 aliphatic rings. The molecular weight excluding hydrogens is 1140 g/mol. The molecule has 2 aromatic carbocycles. The number of hydrogen-bond acceptors (Lipinski definition) is 12. The van der Waals surface area contributed by atoms with Gasteiger partial charge in [0.25, 0.3) is 0 Å². The quantitative estimate of drug-likeness (QED) is 0.0809. The minimum Gasteiger partial charge on any atom is -0.405 e. The Labute approximate surface area is 499 Å². The molecule has 80 heavy (non-hydrogen) atoms. The molecule has 4 aromatic rings. The predicted octanol–water partition coefficient (Wildman–Crippen LogP) is 13.5. The number of rotatable bonds is 7. The Kier molecular flexibility index (Phi) is 21.0. The Morgan fingerprint density at radius 3 is 1.64 bits per heavy atom. The van der Waals surface area contributed by atoms with Gasteiger partial charge >= 0.3 is 20.0 Å². The standard InChI is InChI=1S/C24H30ClN3O2.C19H27BrN2O2.C12H24B2O4.C4H2Cl2N2/c1-24(2,3)30-19-14-28(15-19)22(29)13-17-7-5-4-6-16-12-18(8-9-20(16)17)21-10-11-26-23(25)27-21;1-19(2,3)24-15-11-22(12-15)18(23)21-17-7-5-4-6-13-10-14(20)8-9-16(13)17;1-9(2)10(3,4)16-13(15-9)14-17-11(5,6)12(7,8)18-14;5-3-1-2-7-4(6)8-3/h8-12,17,19H,4-7,13-15H2,1-3H3;8-10,15,17H,4-7,11-12H2,1-3H3,(H,21,23);1-8H3;1-2H. The second-order valence-corrected chi connectivity index (χ2v) is 27.6. The van der Waals surface area contributed by atoms with Gasteiger partial charge in [-0.15, -0.1) is 0 Å². The Balaban J connectivity index is 0.000000166. The molecule has 15 nitrogen and oxygen atoms in total. The van der Waals surface area contributed by atoms with Crippen molar-refractivity contribution in [2.24, 2.45) is 0 Å². The number of nitrogens with zero attached hydrogens (tertiary/aromatic N) is 6. The molecule has 3 amide bonds. The van der Waals surface area contributed by atoms with Crippen LogP contribution in [0, 0.1) is 0 Å². The fourth-order valence-corrected chi connectivity index (χ4v) is 11.2. The van der Waals surface area contributed by atoms with Crippen LogP contribution in [0.5, 0.6) is 0 Å². The predicted molar refractivity (Wildman–Crippen MR) is 322 cm³/mol. The molecule has 1 N–H and O–H groups in total. The van der Waals surface area contributed by atoms with Crippen molar-refractivity contribution in [1.82, 2.24) is 35.1 Å². The largest absolute Gasteiger partial charge is 0.488 e. The van der Waals surface area contributed by atoms with Crippen LogP contribution in [0.4, 0.5) is 4.79 Å². The highest BCUT2D eigenvalue weighted by Gasteiger charge is 2.63. The van der Waals surface area contributed by atoms with E-state index in [2.05, 4.69) is 119 Å². The van der Waals surface area contributed by atoms with E-state index in [1.54, 1.807) is 12.3 Å². The van der Waals surface area contributed by atoms with Gasteiger partial charge in [-0.3, -0.25) is 4.79 Å². The van der Waals surface area contributed by atoms with Gasteiger partial charge in [0.15, 0.2) is 0 Å². The summed E-state index contributed by atoms with van der Waals surface area (Å²) < 4.78 is 36.8. The van der Waals surface area contributed by atoms with Crippen LogP contribution in [0.25, 0.3) is 11.3 Å². The molecule has 4 saturated heterocycles. The fourth-order valence-electron chi connectivity index (χ4n) is 10.3. The zero-order chi connectivity index (χ0) is 58.6. The number of hydrogen-bond donors (Lipinski definition) is 1. The molecule has 2 atom stereocenters. The fraction of sp³-hybridized carbons (Fsp3) is 0.627. The molecule has 0 bridgehead atoms. The molecule has 0 saturated carbocycles. The van der Waals surface area contributed by atoms with Crippen LogP contribution < -0.4 is 5.32 Å². The van der Waals surface area contributed by atoms with Crippen molar-refractivity contribution in [3.05, 3.63) is 103 Å². The second kappa shape index (κ2) is 26.2. The summed E-state index contributed by atoms with van der Waals surface area (Å²) in [6.07, 6.45) is 12.9. The zero-order valence-electron chi connectivity index (χ0n) is 49.4. The summed E-state index contributed by atoms with van der Waals surface area (Å²) in [5, 5.41) is 4.04. The highest BCUT2D eigenvalue weighted by atomic mass is 79.9. The van der Waals surface area contributed by atoms with Gasteiger partial charge in [-0.05, 0) is 217 Å². The Morgan fingerprint density at radius 2 is 1.14 bits per heavy atom. The van der Waals surface area contributed by atoms with Crippen molar-refractivity contribution in [1.29, 1.82) is 0 Å². The maximum Gasteiger partial charge on any atom is 0.488 e. The summed E-state index contributed by atoms with van der Waals surface area (Å²) in [7, 11) is -0.952. The minimum absolute atomic E-state index is 0.0320. The molecule has 21 heteroatoms. The molecule has 2 unspecified atom stereocenters. The lowest BCUT2D eigenvalue weighted by molar-refractivity contribution is -0.157. The number of carbonyl (C=O) groups is 2. The minimum atomic E-state index is -0.476. The molecular formula is C59H83B2BrCl3N7O8. The second-order valence-electron chi connectivity index (χ2n) is 25.7. The van der Waals surface area contributed by atoms with E-state index in [1.165, 1.54) is 34.9 Å². The number of likely N-dealkylation sites (tertiary alicyclic amines) is 2. The number of amides is 3. The number of urea groups is 1. The number of benzene rings is 2. The Bertz CT molecular complexity index is 2690. The van der Waals surface area contributed by atoms with Crippen molar-refractivity contribution in [3.63, 3.8) is 0 Å². The van der Waals surface area contributed by atoms with Gasteiger partial charge < -0.3 is 43.2 Å². The number of aryl methyl sites for hydroxylation is 2. The maximum absolute atomic E-state index is 12.9. The number of halogens is 4. The van der Waals surface area contributed by atoms with Crippen molar-refractivity contribution < 1.29 is 37.7 Å². The van der Waals surface area contributed by atoms with Gasteiger partial charge in [0.2, 0.25) is 16.5 Å². The van der Waals surface area contributed by atoms with E-state index in [9.17, 15) is 9.59 Å². The van der Waals surface area contributed by atoms with Crippen molar-refractivity contribution in [3.8, 4) is 11.3 Å². The molecule has 436 valence electrons. The summed E-state index contributed by atoms with van der Waals surface area (Å²) in [5.74, 6) is 0.522. The van der Waals surface area contributed by atoms with Crippen LogP contribution in [0.3, 0.4) is 0 Å². The highest BCUT2D eigenvalue weighted by Crippen LogP contribution is 2.43. The van der Waals surface area contributed by atoms with Gasteiger partial charge in [0.05, 0.1) is 70.6 Å². The van der Waals surface area contributed by atoms with Gasteiger partial charge in [-0.25, -0.2) is 24.7 Å². The third-order valence-corrected chi connectivity index (χ3v) is 16.9.